The highest BCUT2D eigenvalue weighted by Gasteiger charge is 2.39. The van der Waals surface area contributed by atoms with Crippen LogP contribution in [0.1, 0.15) is 93.1 Å². The van der Waals surface area contributed by atoms with E-state index in [1.54, 1.807) is 12.1 Å². The van der Waals surface area contributed by atoms with Crippen LogP contribution < -0.4 is 0 Å². The van der Waals surface area contributed by atoms with Crippen LogP contribution in [0.4, 0.5) is 13.2 Å². The van der Waals surface area contributed by atoms with Gasteiger partial charge in [0.1, 0.15) is 0 Å². The zero-order chi connectivity index (χ0) is 20.3. The van der Waals surface area contributed by atoms with Crippen molar-refractivity contribution in [2.24, 2.45) is 0 Å². The Morgan fingerprint density at radius 3 is 1.93 bits per heavy atom. The first-order chi connectivity index (χ1) is 12.8. The Kier molecular flexibility index (Phi) is 10.3. The molecule has 0 unspecified atom stereocenters. The van der Waals surface area contributed by atoms with Crippen LogP contribution in [-0.2, 0) is 17.6 Å². The van der Waals surface area contributed by atoms with E-state index < -0.39 is 24.2 Å². The van der Waals surface area contributed by atoms with Crippen LogP contribution in [0.3, 0.4) is 0 Å². The number of rotatable bonds is 13. The van der Waals surface area contributed by atoms with Gasteiger partial charge in [-0.15, -0.1) is 0 Å². The maximum atomic E-state index is 12.4. The zero-order valence-electron chi connectivity index (χ0n) is 16.5. The van der Waals surface area contributed by atoms with Gasteiger partial charge in [0.15, 0.2) is 5.78 Å². The van der Waals surface area contributed by atoms with Crippen molar-refractivity contribution >= 4 is 11.6 Å². The maximum absolute atomic E-state index is 12.4. The van der Waals surface area contributed by atoms with Crippen LogP contribution in [0.5, 0.6) is 0 Å². The lowest BCUT2D eigenvalue weighted by atomic mass is 9.96. The fourth-order valence-corrected chi connectivity index (χ4v) is 3.08. The summed E-state index contributed by atoms with van der Waals surface area (Å²) in [6.07, 6.45) is 5.03. The molecule has 0 radical (unpaired) electrons. The summed E-state index contributed by atoms with van der Waals surface area (Å²) in [7, 11) is 0. The van der Waals surface area contributed by atoms with E-state index in [2.05, 4.69) is 6.92 Å². The third kappa shape index (κ3) is 9.21. The summed E-state index contributed by atoms with van der Waals surface area (Å²) in [5, 5.41) is 0. The van der Waals surface area contributed by atoms with Gasteiger partial charge in [0, 0.05) is 5.56 Å². The molecule has 2 nitrogen and oxygen atoms in total. The number of aryl methyl sites for hydroxylation is 2. The minimum atomic E-state index is -4.96. The molecule has 0 spiro atoms. The third-order valence-corrected chi connectivity index (χ3v) is 4.74. The number of carbonyl (C=O) groups excluding carboxylic acids is 2. The molecule has 152 valence electrons. The van der Waals surface area contributed by atoms with E-state index in [4.69, 9.17) is 0 Å². The van der Waals surface area contributed by atoms with E-state index in [9.17, 15) is 22.8 Å². The van der Waals surface area contributed by atoms with E-state index >= 15 is 0 Å². The molecule has 0 fully saturated rings. The summed E-state index contributed by atoms with van der Waals surface area (Å²) in [6.45, 7) is 4.13. The number of carbonyl (C=O) groups is 2. The molecule has 0 heterocycles. The summed E-state index contributed by atoms with van der Waals surface area (Å²) in [4.78, 5) is 23.2. The van der Waals surface area contributed by atoms with Gasteiger partial charge in [0.25, 0.3) is 0 Å². The smallest absolute Gasteiger partial charge is 0.294 e. The number of unbranched alkanes of at least 4 members (excludes halogenated alkanes) is 7. The first-order valence-electron chi connectivity index (χ1n) is 10.0. The Balaban J connectivity index is 2.57. The zero-order valence-corrected chi connectivity index (χ0v) is 16.5. The molecule has 1 aromatic rings. The molecule has 0 amide bonds. The molecule has 1 rings (SSSR count). The fraction of sp³-hybridized carbons (Fsp3) is 0.636. The second kappa shape index (κ2) is 11.9. The maximum Gasteiger partial charge on any atom is 0.450 e. The van der Waals surface area contributed by atoms with E-state index in [0.717, 1.165) is 30.4 Å². The SMILES string of the molecule is CCCCCCCCCCc1cc(CC)cc(C(=O)CC(=O)C(F)(F)F)c1. The first kappa shape index (κ1) is 23.4. The van der Waals surface area contributed by atoms with Gasteiger partial charge < -0.3 is 0 Å². The molecule has 0 N–H and O–H groups in total. The van der Waals surface area contributed by atoms with Crippen LogP contribution in [-0.4, -0.2) is 17.7 Å². The van der Waals surface area contributed by atoms with E-state index in [0.29, 0.717) is 6.42 Å². The van der Waals surface area contributed by atoms with Gasteiger partial charge in [-0.3, -0.25) is 9.59 Å². The molecule has 27 heavy (non-hydrogen) atoms. The predicted octanol–water partition coefficient (Wildman–Crippen LogP) is 6.64. The number of hydrogen-bond acceptors (Lipinski definition) is 2. The molecule has 5 heteroatoms. The largest absolute Gasteiger partial charge is 0.450 e. The summed E-state index contributed by atoms with van der Waals surface area (Å²) >= 11 is 0. The Morgan fingerprint density at radius 1 is 0.815 bits per heavy atom. The number of Topliss-reactive ketones (excluding diaryl/α,β-unsaturated/α-hetero) is 2. The minimum absolute atomic E-state index is 0.210. The van der Waals surface area contributed by atoms with Crippen LogP contribution >= 0.6 is 0 Å². The van der Waals surface area contributed by atoms with Crippen molar-refractivity contribution in [3.8, 4) is 0 Å². The van der Waals surface area contributed by atoms with E-state index in [1.807, 2.05) is 13.0 Å². The minimum Gasteiger partial charge on any atom is -0.294 e. The lowest BCUT2D eigenvalue weighted by molar-refractivity contribution is -0.170. The number of hydrogen-bond donors (Lipinski definition) is 0. The van der Waals surface area contributed by atoms with Crippen molar-refractivity contribution < 1.29 is 22.8 Å². The third-order valence-electron chi connectivity index (χ3n) is 4.74. The summed E-state index contributed by atoms with van der Waals surface area (Å²) in [6, 6.07) is 5.25. The lowest BCUT2D eigenvalue weighted by Gasteiger charge is -2.09. The molecular weight excluding hydrogens is 353 g/mol. The average Bonchev–Trinajstić information content (AvgIpc) is 2.62. The van der Waals surface area contributed by atoms with Gasteiger partial charge in [-0.05, 0) is 42.5 Å². The quantitative estimate of drug-likeness (QED) is 0.217. The highest BCUT2D eigenvalue weighted by molar-refractivity contribution is 6.09. The molecule has 0 aliphatic heterocycles. The molecule has 0 saturated carbocycles. The lowest BCUT2D eigenvalue weighted by Crippen LogP contribution is -2.25. The number of benzene rings is 1. The average molecular weight is 384 g/mol. The van der Waals surface area contributed by atoms with E-state index in [1.165, 1.54) is 38.5 Å². The summed E-state index contributed by atoms with van der Waals surface area (Å²) in [5.74, 6) is -2.75. The van der Waals surface area contributed by atoms with Gasteiger partial charge in [0.05, 0.1) is 6.42 Å². The van der Waals surface area contributed by atoms with Crippen LogP contribution in [0.2, 0.25) is 0 Å². The van der Waals surface area contributed by atoms with Gasteiger partial charge in [-0.2, -0.15) is 13.2 Å². The van der Waals surface area contributed by atoms with Crippen LogP contribution in [0.15, 0.2) is 18.2 Å². The van der Waals surface area contributed by atoms with Gasteiger partial charge >= 0.3 is 6.18 Å². The second-order valence-electron chi connectivity index (χ2n) is 7.14. The van der Waals surface area contributed by atoms with Crippen molar-refractivity contribution in [2.45, 2.75) is 90.7 Å². The van der Waals surface area contributed by atoms with Gasteiger partial charge in [-0.1, -0.05) is 64.9 Å². The Bertz CT molecular complexity index is 606. The molecule has 0 saturated heterocycles. The Labute approximate surface area is 160 Å². The highest BCUT2D eigenvalue weighted by Crippen LogP contribution is 2.21. The molecule has 0 bridgehead atoms. The van der Waals surface area contributed by atoms with Crippen molar-refractivity contribution in [3.63, 3.8) is 0 Å². The molecule has 0 atom stereocenters. The number of alkyl halides is 3. The Morgan fingerprint density at radius 2 is 1.37 bits per heavy atom. The van der Waals surface area contributed by atoms with Gasteiger partial charge in [0.2, 0.25) is 5.78 Å². The number of halogens is 3. The molecular formula is C22H31F3O2. The molecule has 0 aliphatic carbocycles. The molecule has 1 aromatic carbocycles. The van der Waals surface area contributed by atoms with Gasteiger partial charge in [-0.25, -0.2) is 0 Å². The van der Waals surface area contributed by atoms with Crippen molar-refractivity contribution in [1.82, 2.24) is 0 Å². The molecule has 0 aliphatic rings. The van der Waals surface area contributed by atoms with Crippen molar-refractivity contribution in [3.05, 3.63) is 34.9 Å². The topological polar surface area (TPSA) is 34.1 Å². The van der Waals surface area contributed by atoms with Crippen LogP contribution in [0, 0.1) is 0 Å². The monoisotopic (exact) mass is 384 g/mol. The first-order valence-corrected chi connectivity index (χ1v) is 10.0. The highest BCUT2D eigenvalue weighted by atomic mass is 19.4. The number of ketones is 2. The standard InChI is InChI=1S/C22H31F3O2/c1-3-5-6-7-8-9-10-11-12-18-13-17(4-2)14-19(15-18)20(26)16-21(27)22(23,24)25/h13-15H,3-12,16H2,1-2H3. The molecule has 0 aromatic heterocycles. The summed E-state index contributed by atoms with van der Waals surface area (Å²) in [5.41, 5.74) is 2.08. The normalized spacial score (nSPS) is 11.6. The Hall–Kier alpha value is -1.65. The van der Waals surface area contributed by atoms with Crippen LogP contribution in [0.25, 0.3) is 0 Å². The van der Waals surface area contributed by atoms with Crippen molar-refractivity contribution in [2.75, 3.05) is 0 Å². The second-order valence-corrected chi connectivity index (χ2v) is 7.14. The predicted molar refractivity (Wildman–Crippen MR) is 102 cm³/mol. The van der Waals surface area contributed by atoms with E-state index in [-0.39, 0.29) is 5.56 Å². The summed E-state index contributed by atoms with van der Waals surface area (Å²) < 4.78 is 37.2. The van der Waals surface area contributed by atoms with Crippen molar-refractivity contribution in [1.29, 1.82) is 0 Å². The fourth-order valence-electron chi connectivity index (χ4n) is 3.08.